The number of halogens is 1. The average molecular weight is 366 g/mol. The number of imide groups is 1. The van der Waals surface area contributed by atoms with Gasteiger partial charge in [0, 0.05) is 4.47 Å². The quantitative estimate of drug-likeness (QED) is 0.613. The third-order valence-electron chi connectivity index (χ3n) is 2.67. The van der Waals surface area contributed by atoms with Crippen LogP contribution in [0, 0.1) is 11.3 Å². The Balaban J connectivity index is 2.38. The molecule has 1 aromatic rings. The number of nitrogens with zero attached hydrogens (tertiary/aromatic N) is 1. The van der Waals surface area contributed by atoms with E-state index in [1.165, 1.54) is 6.08 Å². The van der Waals surface area contributed by atoms with Gasteiger partial charge >= 0.3 is 6.03 Å². The summed E-state index contributed by atoms with van der Waals surface area (Å²) in [4.78, 5) is 22.7. The molecular weight excluding hydrogens is 354 g/mol. The zero-order chi connectivity index (χ0) is 16.1. The molecule has 0 spiro atoms. The highest BCUT2D eigenvalue weighted by Crippen LogP contribution is 2.35. The van der Waals surface area contributed by atoms with Gasteiger partial charge in [-0.25, -0.2) is 4.79 Å². The van der Waals surface area contributed by atoms with Crippen LogP contribution in [0.25, 0.3) is 6.08 Å². The summed E-state index contributed by atoms with van der Waals surface area (Å²) >= 11 is 3.36. The van der Waals surface area contributed by atoms with Crippen LogP contribution < -0.4 is 20.1 Å². The highest BCUT2D eigenvalue weighted by Gasteiger charge is 2.23. The standard InChI is InChI=1S/C14H12BrN3O4/c1-2-21-11-6-8(5-10-13(19)18-14(20)17-10)9(15)7-12(11)22-4-3-16/h5-7H,2,4H2,1H3,(H2,17,18,19,20). The van der Waals surface area contributed by atoms with E-state index in [2.05, 4.69) is 26.6 Å². The molecule has 0 radical (unpaired) electrons. The second-order valence-corrected chi connectivity index (χ2v) is 5.02. The summed E-state index contributed by atoms with van der Waals surface area (Å²) < 4.78 is 11.4. The SMILES string of the molecule is CCOc1cc(C=C2NC(=O)NC2=O)c(Br)cc1OCC#N. The molecule has 0 unspecified atom stereocenters. The number of nitriles is 1. The van der Waals surface area contributed by atoms with Crippen molar-refractivity contribution in [2.24, 2.45) is 0 Å². The minimum atomic E-state index is -0.564. The van der Waals surface area contributed by atoms with E-state index in [1.54, 1.807) is 12.1 Å². The van der Waals surface area contributed by atoms with Crippen LogP contribution in [0.5, 0.6) is 11.5 Å². The van der Waals surface area contributed by atoms with E-state index < -0.39 is 11.9 Å². The van der Waals surface area contributed by atoms with E-state index in [-0.39, 0.29) is 12.3 Å². The number of ether oxygens (including phenoxy) is 2. The second kappa shape index (κ2) is 6.95. The maximum absolute atomic E-state index is 11.5. The summed E-state index contributed by atoms with van der Waals surface area (Å²) in [5, 5.41) is 13.1. The minimum Gasteiger partial charge on any atom is -0.490 e. The van der Waals surface area contributed by atoms with Crippen molar-refractivity contribution in [1.29, 1.82) is 5.26 Å². The molecule has 3 amide bonds. The number of benzene rings is 1. The van der Waals surface area contributed by atoms with Crippen LogP contribution in [0.15, 0.2) is 22.3 Å². The van der Waals surface area contributed by atoms with E-state index in [4.69, 9.17) is 14.7 Å². The molecule has 0 bridgehead atoms. The van der Waals surface area contributed by atoms with E-state index in [0.717, 1.165) is 0 Å². The van der Waals surface area contributed by atoms with Crippen molar-refractivity contribution in [2.75, 3.05) is 13.2 Å². The molecule has 1 heterocycles. The third-order valence-corrected chi connectivity index (χ3v) is 3.36. The Kier molecular flexibility index (Phi) is 5.01. The van der Waals surface area contributed by atoms with Crippen molar-refractivity contribution >= 4 is 33.9 Å². The van der Waals surface area contributed by atoms with Gasteiger partial charge in [-0.15, -0.1) is 0 Å². The predicted octanol–water partition coefficient (Wildman–Crippen LogP) is 1.93. The molecular formula is C14H12BrN3O4. The lowest BCUT2D eigenvalue weighted by atomic mass is 10.1. The van der Waals surface area contributed by atoms with Crippen molar-refractivity contribution in [1.82, 2.24) is 10.6 Å². The molecule has 1 aliphatic rings. The molecule has 22 heavy (non-hydrogen) atoms. The van der Waals surface area contributed by atoms with Crippen LogP contribution in [0.1, 0.15) is 12.5 Å². The van der Waals surface area contributed by atoms with Gasteiger partial charge in [0.05, 0.1) is 6.61 Å². The largest absolute Gasteiger partial charge is 0.490 e. The number of urea groups is 1. The van der Waals surface area contributed by atoms with Gasteiger partial charge in [-0.1, -0.05) is 15.9 Å². The summed E-state index contributed by atoms with van der Waals surface area (Å²) in [6.45, 7) is 2.13. The van der Waals surface area contributed by atoms with Gasteiger partial charge in [0.25, 0.3) is 5.91 Å². The minimum absolute atomic E-state index is 0.106. The monoisotopic (exact) mass is 365 g/mol. The van der Waals surface area contributed by atoms with Crippen LogP contribution in [0.4, 0.5) is 4.79 Å². The maximum atomic E-state index is 11.5. The number of amides is 3. The fourth-order valence-electron chi connectivity index (χ4n) is 1.79. The van der Waals surface area contributed by atoms with Crippen LogP contribution in [-0.2, 0) is 4.79 Å². The Morgan fingerprint density at radius 1 is 1.27 bits per heavy atom. The first-order chi connectivity index (χ1) is 10.5. The summed E-state index contributed by atoms with van der Waals surface area (Å²) in [6, 6.07) is 4.62. The van der Waals surface area contributed by atoms with Crippen molar-refractivity contribution in [2.45, 2.75) is 6.92 Å². The molecule has 1 aliphatic heterocycles. The highest BCUT2D eigenvalue weighted by molar-refractivity contribution is 9.10. The van der Waals surface area contributed by atoms with Gasteiger partial charge in [-0.2, -0.15) is 5.26 Å². The zero-order valence-electron chi connectivity index (χ0n) is 11.6. The zero-order valence-corrected chi connectivity index (χ0v) is 13.2. The Bertz CT molecular complexity index is 694. The molecule has 0 aromatic heterocycles. The summed E-state index contributed by atoms with van der Waals surface area (Å²) in [6.07, 6.45) is 1.51. The topological polar surface area (TPSA) is 100 Å². The molecule has 0 saturated carbocycles. The number of carbonyl (C=O) groups is 2. The molecule has 2 N–H and O–H groups in total. The summed E-state index contributed by atoms with van der Waals surface area (Å²) in [7, 11) is 0. The Morgan fingerprint density at radius 2 is 2.00 bits per heavy atom. The van der Waals surface area contributed by atoms with Gasteiger partial charge in [0.2, 0.25) is 0 Å². The fraction of sp³-hybridized carbons (Fsp3) is 0.214. The predicted molar refractivity (Wildman–Crippen MR) is 81.1 cm³/mol. The van der Waals surface area contributed by atoms with Crippen molar-refractivity contribution in [3.63, 3.8) is 0 Å². The van der Waals surface area contributed by atoms with Crippen LogP contribution in [-0.4, -0.2) is 25.2 Å². The molecule has 2 rings (SSSR count). The number of rotatable bonds is 5. The first-order valence-corrected chi connectivity index (χ1v) is 7.14. The first-order valence-electron chi connectivity index (χ1n) is 6.35. The normalized spacial score (nSPS) is 15.2. The number of hydrogen-bond donors (Lipinski definition) is 2. The van der Waals surface area contributed by atoms with Gasteiger partial charge in [0.1, 0.15) is 11.8 Å². The lowest BCUT2D eigenvalue weighted by molar-refractivity contribution is -0.115. The molecule has 8 heteroatoms. The smallest absolute Gasteiger partial charge is 0.326 e. The molecule has 114 valence electrons. The van der Waals surface area contributed by atoms with Gasteiger partial charge in [0.15, 0.2) is 18.1 Å². The van der Waals surface area contributed by atoms with E-state index >= 15 is 0 Å². The lowest BCUT2D eigenvalue weighted by Gasteiger charge is -2.12. The Labute approximate surface area is 135 Å². The molecule has 0 atom stereocenters. The van der Waals surface area contributed by atoms with Crippen molar-refractivity contribution in [3.8, 4) is 17.6 Å². The molecule has 1 saturated heterocycles. The van der Waals surface area contributed by atoms with Crippen molar-refractivity contribution < 1.29 is 19.1 Å². The molecule has 7 nitrogen and oxygen atoms in total. The van der Waals surface area contributed by atoms with Crippen molar-refractivity contribution in [3.05, 3.63) is 27.9 Å². The van der Waals surface area contributed by atoms with Crippen LogP contribution in [0.3, 0.4) is 0 Å². The average Bonchev–Trinajstić information content (AvgIpc) is 2.79. The van der Waals surface area contributed by atoms with Crippen LogP contribution >= 0.6 is 15.9 Å². The van der Waals surface area contributed by atoms with E-state index in [1.807, 2.05) is 13.0 Å². The summed E-state index contributed by atoms with van der Waals surface area (Å²) in [5.74, 6) is 0.356. The molecule has 1 fully saturated rings. The lowest BCUT2D eigenvalue weighted by Crippen LogP contribution is -2.22. The van der Waals surface area contributed by atoms with Crippen LogP contribution in [0.2, 0.25) is 0 Å². The Morgan fingerprint density at radius 3 is 2.59 bits per heavy atom. The second-order valence-electron chi connectivity index (χ2n) is 4.17. The number of carbonyl (C=O) groups excluding carboxylic acids is 2. The Hall–Kier alpha value is -2.53. The van der Waals surface area contributed by atoms with Gasteiger partial charge in [-0.05, 0) is 30.7 Å². The van der Waals surface area contributed by atoms with Gasteiger partial charge < -0.3 is 14.8 Å². The third kappa shape index (κ3) is 3.56. The highest BCUT2D eigenvalue weighted by atomic mass is 79.9. The van der Waals surface area contributed by atoms with E-state index in [0.29, 0.717) is 28.1 Å². The molecule has 1 aromatic carbocycles. The molecule has 0 aliphatic carbocycles. The van der Waals surface area contributed by atoms with Gasteiger partial charge in [-0.3, -0.25) is 10.1 Å². The maximum Gasteiger partial charge on any atom is 0.326 e. The summed E-state index contributed by atoms with van der Waals surface area (Å²) in [5.41, 5.74) is 0.763. The van der Waals surface area contributed by atoms with E-state index in [9.17, 15) is 9.59 Å². The first kappa shape index (κ1) is 15.9. The number of hydrogen-bond acceptors (Lipinski definition) is 5. The fourth-order valence-corrected chi connectivity index (χ4v) is 2.23. The number of nitrogens with one attached hydrogen (secondary N) is 2.